The van der Waals surface area contributed by atoms with E-state index in [1.165, 1.54) is 6.07 Å². The van der Waals surface area contributed by atoms with E-state index < -0.39 is 11.7 Å². The van der Waals surface area contributed by atoms with Gasteiger partial charge in [-0.2, -0.15) is 0 Å². The maximum atomic E-state index is 12.3. The Morgan fingerprint density at radius 2 is 1.93 bits per heavy atom. The summed E-state index contributed by atoms with van der Waals surface area (Å²) in [5, 5.41) is 3.61. The topological polar surface area (TPSA) is 81.4 Å². The van der Waals surface area contributed by atoms with E-state index in [2.05, 4.69) is 10.3 Å². The number of amides is 1. The first-order valence-corrected chi connectivity index (χ1v) is 9.57. The molecule has 1 amide bonds. The Morgan fingerprint density at radius 3 is 2.70 bits per heavy atom. The number of rotatable bonds is 6. The summed E-state index contributed by atoms with van der Waals surface area (Å²) in [5.41, 5.74) is 2.57. The highest BCUT2D eigenvalue weighted by molar-refractivity contribution is 5.93. The molecule has 0 saturated carbocycles. The first kappa shape index (κ1) is 19.4. The number of carbonyl (C=O) groups is 1. The molecular weight excluding hydrogens is 380 g/mol. The normalized spacial score (nSPS) is 11.8. The highest BCUT2D eigenvalue weighted by Gasteiger charge is 2.16. The van der Waals surface area contributed by atoms with E-state index in [0.717, 1.165) is 22.1 Å². The van der Waals surface area contributed by atoms with E-state index in [1.807, 2.05) is 48.5 Å². The van der Waals surface area contributed by atoms with Crippen LogP contribution in [0.3, 0.4) is 0 Å². The Bertz CT molecular complexity index is 1220. The molecule has 0 aliphatic rings. The van der Waals surface area contributed by atoms with Crippen LogP contribution in [0.15, 0.2) is 88.3 Å². The summed E-state index contributed by atoms with van der Waals surface area (Å²) >= 11 is 0. The number of carbonyl (C=O) groups excluding carboxylic acids is 1. The van der Waals surface area contributed by atoms with Gasteiger partial charge in [0.05, 0.1) is 0 Å². The Balaban J connectivity index is 1.52. The average molecular weight is 400 g/mol. The molecule has 0 spiro atoms. The Morgan fingerprint density at radius 1 is 1.10 bits per heavy atom. The van der Waals surface area contributed by atoms with E-state index in [-0.39, 0.29) is 5.91 Å². The Hall–Kier alpha value is -3.93. The van der Waals surface area contributed by atoms with Gasteiger partial charge in [-0.25, -0.2) is 4.79 Å². The second-order valence-corrected chi connectivity index (χ2v) is 6.84. The predicted molar refractivity (Wildman–Crippen MR) is 114 cm³/mol. The molecule has 0 bridgehead atoms. The van der Waals surface area contributed by atoms with Crippen LogP contribution in [0.2, 0.25) is 0 Å². The molecule has 0 aliphatic heterocycles. The van der Waals surface area contributed by atoms with Crippen LogP contribution >= 0.6 is 0 Å². The molecule has 1 atom stereocenters. The number of hydrogen-bond donors (Lipinski definition) is 1. The van der Waals surface area contributed by atoms with Crippen LogP contribution in [0.4, 0.5) is 0 Å². The number of fused-ring (bicyclic) bond motifs is 1. The Kier molecular flexibility index (Phi) is 5.57. The van der Waals surface area contributed by atoms with Crippen LogP contribution in [0.5, 0.6) is 5.75 Å². The maximum absolute atomic E-state index is 12.3. The summed E-state index contributed by atoms with van der Waals surface area (Å²) in [5.74, 6) is 0.193. The fourth-order valence-corrected chi connectivity index (χ4v) is 3.17. The van der Waals surface area contributed by atoms with E-state index in [1.54, 1.807) is 31.5 Å². The molecule has 0 saturated heterocycles. The molecule has 6 heteroatoms. The lowest BCUT2D eigenvalue weighted by molar-refractivity contribution is -0.127. The van der Waals surface area contributed by atoms with Gasteiger partial charge < -0.3 is 14.5 Å². The van der Waals surface area contributed by atoms with E-state index in [4.69, 9.17) is 9.15 Å². The van der Waals surface area contributed by atoms with E-state index in [0.29, 0.717) is 17.9 Å². The van der Waals surface area contributed by atoms with Crippen molar-refractivity contribution in [3.05, 3.63) is 95.1 Å². The van der Waals surface area contributed by atoms with Crippen LogP contribution in [0.25, 0.3) is 22.1 Å². The van der Waals surface area contributed by atoms with Crippen LogP contribution in [0, 0.1) is 0 Å². The standard InChI is InChI=1S/C24H20N2O4/c1-16(24(28)26-15-17-6-5-11-25-14-17)29-19-9-10-20-21(18-7-3-2-4-8-18)13-23(27)30-22(20)12-19/h2-14,16H,15H2,1H3,(H,26,28)/t16-/m0/s1. The number of pyridine rings is 1. The second-order valence-electron chi connectivity index (χ2n) is 6.84. The van der Waals surface area contributed by atoms with Crippen molar-refractivity contribution in [1.29, 1.82) is 0 Å². The van der Waals surface area contributed by atoms with Crippen LogP contribution in [-0.2, 0) is 11.3 Å². The summed E-state index contributed by atoms with van der Waals surface area (Å²) in [4.78, 5) is 28.4. The number of nitrogens with zero attached hydrogens (tertiary/aromatic N) is 1. The zero-order chi connectivity index (χ0) is 20.9. The third-order valence-corrected chi connectivity index (χ3v) is 4.67. The first-order valence-electron chi connectivity index (χ1n) is 9.57. The molecule has 0 aliphatic carbocycles. The fraction of sp³-hybridized carbons (Fsp3) is 0.125. The highest BCUT2D eigenvalue weighted by atomic mass is 16.5. The lowest BCUT2D eigenvalue weighted by atomic mass is 10.0. The monoisotopic (exact) mass is 400 g/mol. The lowest BCUT2D eigenvalue weighted by Crippen LogP contribution is -2.35. The number of ether oxygens (including phenoxy) is 1. The van der Waals surface area contributed by atoms with Gasteiger partial charge in [-0.15, -0.1) is 0 Å². The van der Waals surface area contributed by atoms with E-state index in [9.17, 15) is 9.59 Å². The zero-order valence-electron chi connectivity index (χ0n) is 16.4. The number of benzene rings is 2. The number of aromatic nitrogens is 1. The third kappa shape index (κ3) is 4.38. The molecule has 0 radical (unpaired) electrons. The molecule has 150 valence electrons. The molecule has 2 aromatic heterocycles. The van der Waals surface area contributed by atoms with Gasteiger partial charge in [0, 0.05) is 36.5 Å². The van der Waals surface area contributed by atoms with Crippen molar-refractivity contribution in [3.8, 4) is 16.9 Å². The molecule has 30 heavy (non-hydrogen) atoms. The van der Waals surface area contributed by atoms with Crippen molar-refractivity contribution < 1.29 is 13.9 Å². The van der Waals surface area contributed by atoms with Crippen molar-refractivity contribution >= 4 is 16.9 Å². The molecule has 4 aromatic rings. The van der Waals surface area contributed by atoms with Gasteiger partial charge in [0.1, 0.15) is 11.3 Å². The summed E-state index contributed by atoms with van der Waals surface area (Å²) in [6.07, 6.45) is 2.66. The molecule has 4 rings (SSSR count). The largest absolute Gasteiger partial charge is 0.481 e. The zero-order valence-corrected chi connectivity index (χ0v) is 16.4. The highest BCUT2D eigenvalue weighted by Crippen LogP contribution is 2.29. The molecule has 0 fully saturated rings. The van der Waals surface area contributed by atoms with Gasteiger partial charge in [0.15, 0.2) is 6.10 Å². The molecule has 2 heterocycles. The van der Waals surface area contributed by atoms with Gasteiger partial charge in [-0.3, -0.25) is 9.78 Å². The average Bonchev–Trinajstić information content (AvgIpc) is 2.78. The smallest absolute Gasteiger partial charge is 0.336 e. The third-order valence-electron chi connectivity index (χ3n) is 4.67. The molecule has 0 unspecified atom stereocenters. The quantitative estimate of drug-likeness (QED) is 0.496. The maximum Gasteiger partial charge on any atom is 0.336 e. The van der Waals surface area contributed by atoms with Crippen molar-refractivity contribution in [3.63, 3.8) is 0 Å². The van der Waals surface area contributed by atoms with Crippen molar-refractivity contribution in [1.82, 2.24) is 10.3 Å². The minimum atomic E-state index is -0.719. The van der Waals surface area contributed by atoms with Gasteiger partial charge in [-0.1, -0.05) is 36.4 Å². The minimum Gasteiger partial charge on any atom is -0.481 e. The fourth-order valence-electron chi connectivity index (χ4n) is 3.17. The summed E-state index contributed by atoms with van der Waals surface area (Å²) in [6, 6.07) is 20.0. The van der Waals surface area contributed by atoms with E-state index >= 15 is 0 Å². The predicted octanol–water partition coefficient (Wildman–Crippen LogP) is 3.94. The van der Waals surface area contributed by atoms with Crippen molar-refractivity contribution in [2.75, 3.05) is 0 Å². The van der Waals surface area contributed by atoms with Crippen molar-refractivity contribution in [2.24, 2.45) is 0 Å². The minimum absolute atomic E-state index is 0.251. The second kappa shape index (κ2) is 8.61. The van der Waals surface area contributed by atoms with Crippen LogP contribution in [0.1, 0.15) is 12.5 Å². The Labute approximate surface area is 173 Å². The molecule has 6 nitrogen and oxygen atoms in total. The first-order chi connectivity index (χ1) is 14.6. The lowest BCUT2D eigenvalue weighted by Gasteiger charge is -2.15. The van der Waals surface area contributed by atoms with Crippen LogP contribution in [-0.4, -0.2) is 17.0 Å². The number of nitrogens with one attached hydrogen (secondary N) is 1. The van der Waals surface area contributed by atoms with Gasteiger partial charge >= 0.3 is 5.63 Å². The number of hydrogen-bond acceptors (Lipinski definition) is 5. The van der Waals surface area contributed by atoms with Gasteiger partial charge in [0.25, 0.3) is 5.91 Å². The van der Waals surface area contributed by atoms with Crippen molar-refractivity contribution in [2.45, 2.75) is 19.6 Å². The van der Waals surface area contributed by atoms with Crippen LogP contribution < -0.4 is 15.7 Å². The molecular formula is C24H20N2O4. The van der Waals surface area contributed by atoms with Gasteiger partial charge in [0.2, 0.25) is 0 Å². The summed E-state index contributed by atoms with van der Waals surface area (Å²) < 4.78 is 11.1. The summed E-state index contributed by atoms with van der Waals surface area (Å²) in [7, 11) is 0. The SMILES string of the molecule is C[C@H](Oc1ccc2c(-c3ccccc3)cc(=O)oc2c1)C(=O)NCc1cccnc1. The van der Waals surface area contributed by atoms with Gasteiger partial charge in [-0.05, 0) is 41.8 Å². The molecule has 1 N–H and O–H groups in total. The molecule has 2 aromatic carbocycles. The summed E-state index contributed by atoms with van der Waals surface area (Å²) in [6.45, 7) is 2.03.